The highest BCUT2D eigenvalue weighted by Crippen LogP contribution is 2.55. The molecular weight excluding hydrogens is 300 g/mol. The average molecular weight is 353 g/mol. The van der Waals surface area contributed by atoms with Gasteiger partial charge >= 0.3 is 0 Å². The molecule has 0 aliphatic heterocycles. The Bertz CT molecular complexity index is 358. The fourth-order valence-corrected chi connectivity index (χ4v) is 4.75. The molecule has 0 spiro atoms. The molecule has 0 bridgehead atoms. The predicted octanol–water partition coefficient (Wildman–Crippen LogP) is 8.85. The topological polar surface area (TPSA) is 0 Å². The third-order valence-electron chi connectivity index (χ3n) is 5.76. The van der Waals surface area contributed by atoms with Gasteiger partial charge in [-0.15, -0.1) is 0 Å². The van der Waals surface area contributed by atoms with Gasteiger partial charge in [-0.2, -0.15) is 0 Å². The summed E-state index contributed by atoms with van der Waals surface area (Å²) in [6, 6.07) is 0. The van der Waals surface area contributed by atoms with Crippen LogP contribution in [0.2, 0.25) is 0 Å². The molecule has 0 aromatic rings. The molecule has 2 atom stereocenters. The van der Waals surface area contributed by atoms with Crippen molar-refractivity contribution >= 4 is 0 Å². The van der Waals surface area contributed by atoms with Crippen molar-refractivity contribution in [1.29, 1.82) is 0 Å². The van der Waals surface area contributed by atoms with Crippen LogP contribution in [-0.4, -0.2) is 0 Å². The Morgan fingerprint density at radius 1 is 0.400 bits per heavy atom. The van der Waals surface area contributed by atoms with Gasteiger partial charge in [-0.3, -0.25) is 0 Å². The van der Waals surface area contributed by atoms with Gasteiger partial charge in [0.1, 0.15) is 0 Å². The lowest BCUT2D eigenvalue weighted by atomic mass is 9.51. The summed E-state index contributed by atoms with van der Waals surface area (Å²) in [6.45, 7) is 36.8. The van der Waals surface area contributed by atoms with Crippen LogP contribution in [0.25, 0.3) is 0 Å². The summed E-state index contributed by atoms with van der Waals surface area (Å²) in [4.78, 5) is 0. The molecule has 0 amide bonds. The Morgan fingerprint density at radius 3 is 0.760 bits per heavy atom. The third kappa shape index (κ3) is 8.96. The largest absolute Gasteiger partial charge is 0.0602 e. The second kappa shape index (κ2) is 7.55. The second-order valence-corrected chi connectivity index (χ2v) is 14.4. The molecule has 152 valence electrons. The first-order valence-electron chi connectivity index (χ1n) is 10.6. The highest BCUT2D eigenvalue weighted by Gasteiger charge is 2.48. The molecule has 0 rings (SSSR count). The van der Waals surface area contributed by atoms with Crippen LogP contribution in [0, 0.1) is 44.8 Å². The summed E-state index contributed by atoms with van der Waals surface area (Å²) in [5.41, 5.74) is 1.70. The second-order valence-electron chi connectivity index (χ2n) is 14.4. The predicted molar refractivity (Wildman–Crippen MR) is 117 cm³/mol. The van der Waals surface area contributed by atoms with Gasteiger partial charge in [-0.25, -0.2) is 0 Å². The molecule has 0 saturated heterocycles. The molecule has 0 aliphatic carbocycles. The molecule has 0 nitrogen and oxygen atoms in total. The summed E-state index contributed by atoms with van der Waals surface area (Å²) in [7, 11) is 0. The maximum absolute atomic E-state index is 2.49. The monoisotopic (exact) mass is 352 g/mol. The summed E-state index contributed by atoms with van der Waals surface area (Å²) in [5, 5.41) is 0. The van der Waals surface area contributed by atoms with Gasteiger partial charge in [-0.05, 0) is 57.7 Å². The zero-order valence-corrected chi connectivity index (χ0v) is 20.6. The van der Waals surface area contributed by atoms with Crippen molar-refractivity contribution in [2.24, 2.45) is 44.8 Å². The first-order valence-corrected chi connectivity index (χ1v) is 10.6. The molecule has 0 saturated carbocycles. The maximum atomic E-state index is 2.49. The lowest BCUT2D eigenvalue weighted by Gasteiger charge is -2.54. The standard InChI is InChI=1S/C25H52/c1-21(2,3)16-18(23(7,8)9)20(25(13,14)15)19(24(10,11)12)17-22(4,5)6/h18-20H,16-17H2,1-15H3. The van der Waals surface area contributed by atoms with Crippen LogP contribution in [0.5, 0.6) is 0 Å². The van der Waals surface area contributed by atoms with E-state index in [1.165, 1.54) is 12.8 Å². The van der Waals surface area contributed by atoms with Gasteiger partial charge in [0, 0.05) is 0 Å². The Kier molecular flexibility index (Phi) is 7.55. The van der Waals surface area contributed by atoms with Gasteiger partial charge in [0.05, 0.1) is 0 Å². The average Bonchev–Trinajstić information content (AvgIpc) is 2.18. The van der Waals surface area contributed by atoms with E-state index in [9.17, 15) is 0 Å². The zero-order valence-electron chi connectivity index (χ0n) is 20.6. The fourth-order valence-electron chi connectivity index (χ4n) is 4.75. The van der Waals surface area contributed by atoms with Crippen molar-refractivity contribution in [2.75, 3.05) is 0 Å². The smallest absolute Gasteiger partial charge is 0.0298 e. The quantitative estimate of drug-likeness (QED) is 0.474. The molecule has 0 radical (unpaired) electrons. The van der Waals surface area contributed by atoms with E-state index in [-0.39, 0.29) is 0 Å². The summed E-state index contributed by atoms with van der Waals surface area (Å²) >= 11 is 0. The van der Waals surface area contributed by atoms with Crippen LogP contribution in [0.4, 0.5) is 0 Å². The minimum absolute atomic E-state index is 0.312. The summed E-state index contributed by atoms with van der Waals surface area (Å²) in [5.74, 6) is 2.16. The Labute approximate surface area is 161 Å². The lowest BCUT2D eigenvalue weighted by Crippen LogP contribution is -2.47. The van der Waals surface area contributed by atoms with E-state index in [4.69, 9.17) is 0 Å². The normalized spacial score (nSPS) is 18.8. The lowest BCUT2D eigenvalue weighted by molar-refractivity contribution is -0.0497. The minimum atomic E-state index is 0.312. The van der Waals surface area contributed by atoms with E-state index in [1.807, 2.05) is 0 Å². The highest BCUT2D eigenvalue weighted by atomic mass is 14.5. The molecule has 0 aromatic carbocycles. The van der Waals surface area contributed by atoms with Crippen molar-refractivity contribution in [3.05, 3.63) is 0 Å². The number of hydrogen-bond acceptors (Lipinski definition) is 0. The van der Waals surface area contributed by atoms with Gasteiger partial charge < -0.3 is 0 Å². The molecule has 0 heteroatoms. The summed E-state index contributed by atoms with van der Waals surface area (Å²) in [6.07, 6.45) is 2.60. The van der Waals surface area contributed by atoms with Crippen LogP contribution in [0.15, 0.2) is 0 Å². The van der Waals surface area contributed by atoms with E-state index in [0.717, 1.165) is 11.8 Å². The van der Waals surface area contributed by atoms with E-state index in [2.05, 4.69) is 104 Å². The van der Waals surface area contributed by atoms with E-state index < -0.39 is 0 Å². The van der Waals surface area contributed by atoms with Crippen LogP contribution in [0.3, 0.4) is 0 Å². The van der Waals surface area contributed by atoms with Crippen LogP contribution < -0.4 is 0 Å². The maximum Gasteiger partial charge on any atom is -0.0298 e. The first kappa shape index (κ1) is 25.0. The van der Waals surface area contributed by atoms with Gasteiger partial charge in [0.15, 0.2) is 0 Å². The first-order chi connectivity index (χ1) is 10.6. The van der Waals surface area contributed by atoms with Crippen LogP contribution >= 0.6 is 0 Å². The van der Waals surface area contributed by atoms with E-state index >= 15 is 0 Å². The van der Waals surface area contributed by atoms with E-state index in [1.54, 1.807) is 0 Å². The van der Waals surface area contributed by atoms with Crippen LogP contribution in [0.1, 0.15) is 117 Å². The zero-order chi connectivity index (χ0) is 20.6. The highest BCUT2D eigenvalue weighted by molar-refractivity contribution is 4.97. The SMILES string of the molecule is CC(C)(C)CC(C(C(CC(C)(C)C)C(C)(C)C)C(C)(C)C)C(C)(C)C. The molecule has 25 heavy (non-hydrogen) atoms. The molecule has 2 unspecified atom stereocenters. The van der Waals surface area contributed by atoms with Gasteiger partial charge in [-0.1, -0.05) is 104 Å². The van der Waals surface area contributed by atoms with E-state index in [0.29, 0.717) is 33.0 Å². The van der Waals surface area contributed by atoms with Crippen LogP contribution in [-0.2, 0) is 0 Å². The van der Waals surface area contributed by atoms with Crippen molar-refractivity contribution in [1.82, 2.24) is 0 Å². The molecule has 0 heterocycles. The Morgan fingerprint density at radius 2 is 0.640 bits per heavy atom. The number of rotatable bonds is 4. The molecule has 0 fully saturated rings. The Hall–Kier alpha value is 0. The minimum Gasteiger partial charge on any atom is -0.0602 e. The third-order valence-corrected chi connectivity index (χ3v) is 5.76. The van der Waals surface area contributed by atoms with Gasteiger partial charge in [0.25, 0.3) is 0 Å². The molecule has 0 aromatic heterocycles. The van der Waals surface area contributed by atoms with Crippen molar-refractivity contribution in [3.8, 4) is 0 Å². The number of hydrogen-bond donors (Lipinski definition) is 0. The van der Waals surface area contributed by atoms with Gasteiger partial charge in [0.2, 0.25) is 0 Å². The fraction of sp³-hybridized carbons (Fsp3) is 1.00. The molecular formula is C25H52. The molecule has 0 aliphatic rings. The van der Waals surface area contributed by atoms with Crippen molar-refractivity contribution in [2.45, 2.75) is 117 Å². The summed E-state index contributed by atoms with van der Waals surface area (Å²) < 4.78 is 0. The van der Waals surface area contributed by atoms with Crippen molar-refractivity contribution < 1.29 is 0 Å². The molecule has 0 N–H and O–H groups in total. The van der Waals surface area contributed by atoms with Crippen molar-refractivity contribution in [3.63, 3.8) is 0 Å². The Balaban J connectivity index is 6.32.